The fraction of sp³-hybridized carbons (Fsp3) is 0.400. The molecule has 0 saturated carbocycles. The Balaban J connectivity index is 2.05. The average molecular weight is 340 g/mol. The zero-order chi connectivity index (χ0) is 18.2. The maximum Gasteiger partial charge on any atom is 0.224 e. The number of rotatable bonds is 8. The van der Waals surface area contributed by atoms with E-state index in [1.807, 2.05) is 19.1 Å². The first-order chi connectivity index (χ1) is 12.1. The lowest BCUT2D eigenvalue weighted by Crippen LogP contribution is -2.21. The van der Waals surface area contributed by atoms with E-state index in [2.05, 4.69) is 59.5 Å². The van der Waals surface area contributed by atoms with E-state index in [1.54, 1.807) is 6.20 Å². The van der Waals surface area contributed by atoms with Crippen LogP contribution in [0.4, 0.5) is 22.9 Å². The predicted molar refractivity (Wildman–Crippen MR) is 106 cm³/mol. The Morgan fingerprint density at radius 1 is 1.12 bits per heavy atom. The van der Waals surface area contributed by atoms with Crippen LogP contribution >= 0.6 is 0 Å². The molecule has 0 saturated heterocycles. The van der Waals surface area contributed by atoms with Crippen molar-refractivity contribution < 1.29 is 4.79 Å². The van der Waals surface area contributed by atoms with Crippen LogP contribution in [0.3, 0.4) is 0 Å². The normalized spacial score (nSPS) is 10.4. The maximum atomic E-state index is 11.6. The van der Waals surface area contributed by atoms with Gasteiger partial charge >= 0.3 is 0 Å². The highest BCUT2D eigenvalue weighted by Gasteiger charge is 2.06. The summed E-state index contributed by atoms with van der Waals surface area (Å²) in [7, 11) is 0. The fourth-order valence-corrected chi connectivity index (χ4v) is 2.70. The van der Waals surface area contributed by atoms with Gasteiger partial charge in [0.15, 0.2) is 0 Å². The van der Waals surface area contributed by atoms with Gasteiger partial charge in [0.05, 0.1) is 11.9 Å². The lowest BCUT2D eigenvalue weighted by molar-refractivity contribution is -0.116. The maximum absolute atomic E-state index is 11.6. The summed E-state index contributed by atoms with van der Waals surface area (Å²) in [5.74, 6) is 0.778. The highest BCUT2D eigenvalue weighted by molar-refractivity contribution is 5.90. The highest BCUT2D eigenvalue weighted by atomic mass is 16.1. The van der Waals surface area contributed by atoms with Gasteiger partial charge in [-0.15, -0.1) is 0 Å². The SMILES string of the molecule is CCCC(=O)Nc1ccc(Nc2ccc(N(CC)CC)cc2C)nc1. The molecule has 0 radical (unpaired) electrons. The van der Waals surface area contributed by atoms with Gasteiger partial charge in [0, 0.05) is 30.9 Å². The number of benzene rings is 1. The van der Waals surface area contributed by atoms with Crippen molar-refractivity contribution in [3.05, 3.63) is 42.1 Å². The molecule has 1 aromatic carbocycles. The van der Waals surface area contributed by atoms with Crippen molar-refractivity contribution in [2.45, 2.75) is 40.5 Å². The van der Waals surface area contributed by atoms with E-state index in [0.717, 1.165) is 36.7 Å². The number of carbonyl (C=O) groups excluding carboxylic acids is 1. The van der Waals surface area contributed by atoms with Crippen molar-refractivity contribution in [3.63, 3.8) is 0 Å². The van der Waals surface area contributed by atoms with Gasteiger partial charge in [-0.1, -0.05) is 6.92 Å². The first-order valence-corrected chi connectivity index (χ1v) is 8.95. The Hall–Kier alpha value is -2.56. The molecule has 134 valence electrons. The summed E-state index contributed by atoms with van der Waals surface area (Å²) < 4.78 is 0. The molecular formula is C20H28N4O. The number of nitrogens with zero attached hydrogens (tertiary/aromatic N) is 2. The van der Waals surface area contributed by atoms with E-state index in [-0.39, 0.29) is 5.91 Å². The van der Waals surface area contributed by atoms with Gasteiger partial charge in [0.2, 0.25) is 5.91 Å². The number of aromatic nitrogens is 1. The number of anilines is 4. The van der Waals surface area contributed by atoms with Crippen molar-refractivity contribution in [3.8, 4) is 0 Å². The van der Waals surface area contributed by atoms with Gasteiger partial charge in [-0.3, -0.25) is 4.79 Å². The summed E-state index contributed by atoms with van der Waals surface area (Å²) in [6.07, 6.45) is 3.04. The predicted octanol–water partition coefficient (Wildman–Crippen LogP) is 4.72. The molecule has 0 aliphatic carbocycles. The Bertz CT molecular complexity index is 693. The Kier molecular flexibility index (Phi) is 6.81. The van der Waals surface area contributed by atoms with E-state index < -0.39 is 0 Å². The van der Waals surface area contributed by atoms with Crippen LogP contribution in [0.2, 0.25) is 0 Å². The molecule has 0 aliphatic rings. The third-order valence-corrected chi connectivity index (χ3v) is 4.13. The van der Waals surface area contributed by atoms with Crippen LogP contribution in [0.15, 0.2) is 36.5 Å². The number of amides is 1. The molecule has 1 aromatic heterocycles. The number of pyridine rings is 1. The summed E-state index contributed by atoms with van der Waals surface area (Å²) in [4.78, 5) is 18.3. The second-order valence-corrected chi connectivity index (χ2v) is 6.03. The van der Waals surface area contributed by atoms with Crippen LogP contribution in [0.5, 0.6) is 0 Å². The largest absolute Gasteiger partial charge is 0.372 e. The molecule has 2 N–H and O–H groups in total. The van der Waals surface area contributed by atoms with Gasteiger partial charge in [-0.05, 0) is 63.1 Å². The quantitative estimate of drug-likeness (QED) is 0.730. The van der Waals surface area contributed by atoms with Crippen molar-refractivity contribution in [2.75, 3.05) is 28.6 Å². The molecule has 5 nitrogen and oxygen atoms in total. The molecule has 0 fully saturated rings. The first-order valence-electron chi connectivity index (χ1n) is 8.95. The van der Waals surface area contributed by atoms with E-state index >= 15 is 0 Å². The van der Waals surface area contributed by atoms with Gasteiger partial charge in [-0.25, -0.2) is 4.98 Å². The number of aryl methyl sites for hydroxylation is 1. The van der Waals surface area contributed by atoms with Crippen LogP contribution in [-0.4, -0.2) is 24.0 Å². The minimum absolute atomic E-state index is 0.0212. The van der Waals surface area contributed by atoms with Crippen molar-refractivity contribution in [1.82, 2.24) is 4.98 Å². The summed E-state index contributed by atoms with van der Waals surface area (Å²) >= 11 is 0. The zero-order valence-corrected chi connectivity index (χ0v) is 15.6. The minimum atomic E-state index is 0.0212. The van der Waals surface area contributed by atoms with Crippen molar-refractivity contribution in [1.29, 1.82) is 0 Å². The fourth-order valence-electron chi connectivity index (χ4n) is 2.70. The Morgan fingerprint density at radius 2 is 1.88 bits per heavy atom. The molecule has 0 spiro atoms. The molecule has 0 aliphatic heterocycles. The van der Waals surface area contributed by atoms with E-state index in [1.165, 1.54) is 11.3 Å². The molecule has 0 atom stereocenters. The summed E-state index contributed by atoms with van der Waals surface area (Å²) in [6.45, 7) is 10.4. The highest BCUT2D eigenvalue weighted by Crippen LogP contribution is 2.25. The molecule has 25 heavy (non-hydrogen) atoms. The molecule has 2 rings (SSSR count). The molecular weight excluding hydrogens is 312 g/mol. The van der Waals surface area contributed by atoms with E-state index in [4.69, 9.17) is 0 Å². The molecule has 2 aromatic rings. The van der Waals surface area contributed by atoms with Gasteiger partial charge in [0.25, 0.3) is 0 Å². The summed E-state index contributed by atoms with van der Waals surface area (Å²) in [5, 5.41) is 6.18. The van der Waals surface area contributed by atoms with Gasteiger partial charge < -0.3 is 15.5 Å². The lowest BCUT2D eigenvalue weighted by atomic mass is 10.1. The van der Waals surface area contributed by atoms with Crippen LogP contribution in [0, 0.1) is 6.92 Å². The third kappa shape index (κ3) is 5.21. The second kappa shape index (κ2) is 9.06. The number of nitrogens with one attached hydrogen (secondary N) is 2. The minimum Gasteiger partial charge on any atom is -0.372 e. The zero-order valence-electron chi connectivity index (χ0n) is 15.6. The van der Waals surface area contributed by atoms with Crippen molar-refractivity contribution >= 4 is 28.8 Å². The van der Waals surface area contributed by atoms with Gasteiger partial charge in [-0.2, -0.15) is 0 Å². The van der Waals surface area contributed by atoms with Gasteiger partial charge in [0.1, 0.15) is 5.82 Å². The smallest absolute Gasteiger partial charge is 0.224 e. The van der Waals surface area contributed by atoms with Crippen LogP contribution in [-0.2, 0) is 4.79 Å². The summed E-state index contributed by atoms with van der Waals surface area (Å²) in [5.41, 5.74) is 4.16. The molecule has 5 heteroatoms. The molecule has 0 bridgehead atoms. The number of hydrogen-bond donors (Lipinski definition) is 2. The van der Waals surface area contributed by atoms with Crippen molar-refractivity contribution in [2.24, 2.45) is 0 Å². The molecule has 1 heterocycles. The van der Waals surface area contributed by atoms with Crippen LogP contribution < -0.4 is 15.5 Å². The molecule has 0 unspecified atom stereocenters. The van der Waals surface area contributed by atoms with Crippen LogP contribution in [0.1, 0.15) is 39.2 Å². The summed E-state index contributed by atoms with van der Waals surface area (Å²) in [6, 6.07) is 10.1. The monoisotopic (exact) mass is 340 g/mol. The number of carbonyl (C=O) groups is 1. The third-order valence-electron chi connectivity index (χ3n) is 4.13. The second-order valence-electron chi connectivity index (χ2n) is 6.03. The van der Waals surface area contributed by atoms with E-state index in [0.29, 0.717) is 6.42 Å². The molecule has 1 amide bonds. The lowest BCUT2D eigenvalue weighted by Gasteiger charge is -2.22. The average Bonchev–Trinajstić information content (AvgIpc) is 2.60. The Morgan fingerprint density at radius 3 is 2.44 bits per heavy atom. The first kappa shape index (κ1) is 18.8. The standard InChI is InChI=1S/C20H28N4O/c1-5-8-20(25)22-16-9-12-19(21-14-16)23-18-11-10-17(13-15(18)4)24(6-2)7-3/h9-14H,5-8H2,1-4H3,(H,21,23)(H,22,25). The number of hydrogen-bond acceptors (Lipinski definition) is 4. The topological polar surface area (TPSA) is 57.3 Å². The van der Waals surface area contributed by atoms with E-state index in [9.17, 15) is 4.79 Å². The van der Waals surface area contributed by atoms with Crippen LogP contribution in [0.25, 0.3) is 0 Å². The Labute approximate surface area is 150 Å².